The molecule has 4 heterocycles. The van der Waals surface area contributed by atoms with Crippen molar-refractivity contribution in [2.24, 2.45) is 0 Å². The van der Waals surface area contributed by atoms with Gasteiger partial charge in [0, 0.05) is 70.4 Å². The van der Waals surface area contributed by atoms with Gasteiger partial charge < -0.3 is 19.6 Å². The minimum Gasteiger partial charge on any atom is -0.368 e. The Bertz CT molecular complexity index is 782. The zero-order valence-electron chi connectivity index (χ0n) is 16.5. The summed E-state index contributed by atoms with van der Waals surface area (Å²) in [6.45, 7) is 10.3. The van der Waals surface area contributed by atoms with Crippen LogP contribution in [0.25, 0.3) is 0 Å². The molecule has 0 aliphatic carbocycles. The minimum absolute atomic E-state index is 0.0460. The van der Waals surface area contributed by atoms with Crippen LogP contribution in [0.1, 0.15) is 17.4 Å². The maximum atomic E-state index is 12.9. The van der Waals surface area contributed by atoms with Crippen molar-refractivity contribution in [3.63, 3.8) is 0 Å². The fraction of sp³-hybridized carbons (Fsp3) is 0.476. The number of carbonyl (C=O) groups is 1. The molecule has 0 saturated carbocycles. The standard InChI is InChI=1S/C21H28N6O/c1-2-24-9-11-27(12-10-24)21(28)19-17-18(6-8-22-19)25-13-15-26(16-14-25)20-5-3-4-7-23-20/h3-8,17H,2,9-16H2,1H3. The number of rotatable bonds is 4. The van der Waals surface area contributed by atoms with Gasteiger partial charge in [0.05, 0.1) is 0 Å². The molecule has 0 radical (unpaired) electrons. The van der Waals surface area contributed by atoms with E-state index in [1.807, 2.05) is 35.4 Å². The van der Waals surface area contributed by atoms with E-state index in [1.54, 1.807) is 6.20 Å². The van der Waals surface area contributed by atoms with Crippen LogP contribution in [0.2, 0.25) is 0 Å². The van der Waals surface area contributed by atoms with Crippen molar-refractivity contribution < 1.29 is 4.79 Å². The molecule has 2 fully saturated rings. The number of aromatic nitrogens is 2. The van der Waals surface area contributed by atoms with Crippen molar-refractivity contribution in [2.45, 2.75) is 6.92 Å². The molecule has 0 unspecified atom stereocenters. The number of amides is 1. The zero-order valence-corrected chi connectivity index (χ0v) is 16.5. The summed E-state index contributed by atoms with van der Waals surface area (Å²) in [5, 5.41) is 0. The topological polar surface area (TPSA) is 55.8 Å². The molecule has 2 aromatic rings. The van der Waals surface area contributed by atoms with E-state index in [9.17, 15) is 4.79 Å². The molecule has 28 heavy (non-hydrogen) atoms. The second kappa shape index (κ2) is 8.56. The molecule has 2 aliphatic rings. The van der Waals surface area contributed by atoms with E-state index in [0.717, 1.165) is 70.4 Å². The van der Waals surface area contributed by atoms with Crippen molar-refractivity contribution in [3.05, 3.63) is 48.4 Å². The first-order valence-electron chi connectivity index (χ1n) is 10.1. The van der Waals surface area contributed by atoms with Gasteiger partial charge in [-0.2, -0.15) is 0 Å². The molecule has 2 aliphatic heterocycles. The van der Waals surface area contributed by atoms with Crippen LogP contribution in [0.3, 0.4) is 0 Å². The third-order valence-electron chi connectivity index (χ3n) is 5.69. The van der Waals surface area contributed by atoms with Gasteiger partial charge >= 0.3 is 0 Å². The van der Waals surface area contributed by atoms with E-state index in [1.165, 1.54) is 0 Å². The van der Waals surface area contributed by atoms with Crippen LogP contribution in [-0.4, -0.2) is 84.6 Å². The summed E-state index contributed by atoms with van der Waals surface area (Å²) in [6, 6.07) is 9.97. The van der Waals surface area contributed by atoms with Gasteiger partial charge in [-0.3, -0.25) is 9.78 Å². The van der Waals surface area contributed by atoms with E-state index in [2.05, 4.69) is 37.7 Å². The average molecular weight is 380 g/mol. The maximum absolute atomic E-state index is 12.9. The Kier molecular flexibility index (Phi) is 5.71. The molecule has 4 rings (SSSR count). The van der Waals surface area contributed by atoms with Gasteiger partial charge in [-0.15, -0.1) is 0 Å². The van der Waals surface area contributed by atoms with E-state index < -0.39 is 0 Å². The Hall–Kier alpha value is -2.67. The molecule has 2 aromatic heterocycles. The number of anilines is 2. The lowest BCUT2D eigenvalue weighted by Crippen LogP contribution is -2.48. The van der Waals surface area contributed by atoms with Crippen molar-refractivity contribution in [3.8, 4) is 0 Å². The number of hydrogen-bond acceptors (Lipinski definition) is 6. The lowest BCUT2D eigenvalue weighted by atomic mass is 10.2. The van der Waals surface area contributed by atoms with Gasteiger partial charge in [0.1, 0.15) is 11.5 Å². The number of carbonyl (C=O) groups excluding carboxylic acids is 1. The highest BCUT2D eigenvalue weighted by Gasteiger charge is 2.24. The zero-order chi connectivity index (χ0) is 19.3. The molecule has 0 atom stereocenters. The summed E-state index contributed by atoms with van der Waals surface area (Å²) >= 11 is 0. The Morgan fingerprint density at radius 2 is 1.64 bits per heavy atom. The van der Waals surface area contributed by atoms with Crippen molar-refractivity contribution in [1.82, 2.24) is 19.8 Å². The highest BCUT2D eigenvalue weighted by Crippen LogP contribution is 2.20. The normalized spacial score (nSPS) is 18.4. The van der Waals surface area contributed by atoms with Crippen LogP contribution in [0, 0.1) is 0 Å². The van der Waals surface area contributed by atoms with Crippen molar-refractivity contribution in [1.29, 1.82) is 0 Å². The molecule has 0 spiro atoms. The Morgan fingerprint density at radius 3 is 2.32 bits per heavy atom. The van der Waals surface area contributed by atoms with E-state index in [0.29, 0.717) is 5.69 Å². The average Bonchev–Trinajstić information content (AvgIpc) is 2.79. The summed E-state index contributed by atoms with van der Waals surface area (Å²) in [5.74, 6) is 1.07. The smallest absolute Gasteiger partial charge is 0.272 e. The summed E-state index contributed by atoms with van der Waals surface area (Å²) in [5.41, 5.74) is 1.63. The van der Waals surface area contributed by atoms with Crippen molar-refractivity contribution in [2.75, 3.05) is 68.7 Å². The summed E-state index contributed by atoms with van der Waals surface area (Å²) < 4.78 is 0. The van der Waals surface area contributed by atoms with Gasteiger partial charge in [-0.25, -0.2) is 4.98 Å². The van der Waals surface area contributed by atoms with Crippen molar-refractivity contribution >= 4 is 17.4 Å². The fourth-order valence-corrected chi connectivity index (χ4v) is 3.90. The van der Waals surface area contributed by atoms with Gasteiger partial charge in [-0.1, -0.05) is 13.0 Å². The SMILES string of the molecule is CCN1CCN(C(=O)c2cc(N3CCN(c4ccccn4)CC3)ccn2)CC1. The predicted molar refractivity (Wildman–Crippen MR) is 111 cm³/mol. The van der Waals surface area contributed by atoms with E-state index >= 15 is 0 Å². The van der Waals surface area contributed by atoms with Crippen LogP contribution in [0.15, 0.2) is 42.7 Å². The highest BCUT2D eigenvalue weighted by atomic mass is 16.2. The molecule has 0 bridgehead atoms. The maximum Gasteiger partial charge on any atom is 0.272 e. The van der Waals surface area contributed by atoms with E-state index in [4.69, 9.17) is 0 Å². The van der Waals surface area contributed by atoms with Gasteiger partial charge in [0.15, 0.2) is 0 Å². The molecule has 0 N–H and O–H groups in total. The first-order chi connectivity index (χ1) is 13.7. The Labute approximate surface area is 166 Å². The lowest BCUT2D eigenvalue weighted by molar-refractivity contribution is 0.0637. The van der Waals surface area contributed by atoms with Crippen LogP contribution < -0.4 is 9.80 Å². The quantitative estimate of drug-likeness (QED) is 0.803. The Morgan fingerprint density at radius 1 is 0.893 bits per heavy atom. The highest BCUT2D eigenvalue weighted by molar-refractivity contribution is 5.93. The molecule has 7 heteroatoms. The molecular formula is C21H28N6O. The summed E-state index contributed by atoms with van der Waals surface area (Å²) in [4.78, 5) is 30.6. The monoisotopic (exact) mass is 380 g/mol. The van der Waals surface area contributed by atoms with Crippen LogP contribution in [0.5, 0.6) is 0 Å². The minimum atomic E-state index is 0.0460. The van der Waals surface area contributed by atoms with Gasteiger partial charge in [0.2, 0.25) is 0 Å². The predicted octanol–water partition coefficient (Wildman–Crippen LogP) is 1.58. The fourth-order valence-electron chi connectivity index (χ4n) is 3.90. The third kappa shape index (κ3) is 4.09. The number of likely N-dealkylation sites (N-methyl/N-ethyl adjacent to an activating group) is 1. The van der Waals surface area contributed by atoms with Gasteiger partial charge in [0.25, 0.3) is 5.91 Å². The third-order valence-corrected chi connectivity index (χ3v) is 5.69. The number of piperazine rings is 2. The Balaban J connectivity index is 1.38. The largest absolute Gasteiger partial charge is 0.368 e. The first kappa shape index (κ1) is 18.7. The molecule has 1 amide bonds. The molecular weight excluding hydrogens is 352 g/mol. The molecule has 2 saturated heterocycles. The van der Waals surface area contributed by atoms with Crippen LogP contribution in [0.4, 0.5) is 11.5 Å². The molecule has 148 valence electrons. The number of hydrogen-bond donors (Lipinski definition) is 0. The van der Waals surface area contributed by atoms with Crippen LogP contribution >= 0.6 is 0 Å². The summed E-state index contributed by atoms with van der Waals surface area (Å²) in [7, 11) is 0. The van der Waals surface area contributed by atoms with E-state index in [-0.39, 0.29) is 5.91 Å². The molecule has 7 nitrogen and oxygen atoms in total. The van der Waals surface area contributed by atoms with Gasteiger partial charge in [-0.05, 0) is 30.8 Å². The first-order valence-corrected chi connectivity index (χ1v) is 10.1. The number of pyridine rings is 2. The molecule has 0 aromatic carbocycles. The summed E-state index contributed by atoms with van der Waals surface area (Å²) in [6.07, 6.45) is 3.60. The number of nitrogens with zero attached hydrogens (tertiary/aromatic N) is 6. The second-order valence-electron chi connectivity index (χ2n) is 7.29. The lowest BCUT2D eigenvalue weighted by Gasteiger charge is -2.37. The van der Waals surface area contributed by atoms with Crippen LogP contribution in [-0.2, 0) is 0 Å². The second-order valence-corrected chi connectivity index (χ2v) is 7.29.